The number of aromatic hydroxyl groups is 1. The van der Waals surface area contributed by atoms with Gasteiger partial charge < -0.3 is 111 Å². The number of phenolic OH excluding ortho intramolecular Hbond substituents is 1. The molecule has 0 bridgehead atoms. The van der Waals surface area contributed by atoms with E-state index < -0.39 is 108 Å². The van der Waals surface area contributed by atoms with E-state index in [4.69, 9.17) is 0 Å². The van der Waals surface area contributed by atoms with Gasteiger partial charge in [-0.05, 0) is 170 Å². The number of nitrogens with zero attached hydrogens (tertiary/aromatic N) is 1. The Bertz CT molecular complexity index is 4300. The third-order valence-corrected chi connectivity index (χ3v) is 23.5. The predicted octanol–water partition coefficient (Wildman–Crippen LogP) is 5.73. The van der Waals surface area contributed by atoms with Crippen LogP contribution in [0.1, 0.15) is 295 Å². The highest BCUT2D eigenvalue weighted by molar-refractivity contribution is 6.01. The number of amides is 15. The Balaban J connectivity index is 0.00000103. The summed E-state index contributed by atoms with van der Waals surface area (Å²) in [5, 5.41) is 73.5. The second-order valence-corrected chi connectivity index (χ2v) is 38.3. The minimum Gasteiger partial charge on any atom is -0.619 e. The minimum atomic E-state index is -0.925. The van der Waals surface area contributed by atoms with Gasteiger partial charge >= 0.3 is 0 Å². The average Bonchev–Trinajstić information content (AvgIpc) is 0.848. The average molecular weight is 1940 g/mol. The van der Waals surface area contributed by atoms with Crippen molar-refractivity contribution in [3.05, 3.63) is 99.4 Å². The summed E-state index contributed by atoms with van der Waals surface area (Å²) in [7, 11) is 0. The van der Waals surface area contributed by atoms with Crippen molar-refractivity contribution in [3.8, 4) is 5.75 Å². The molecule has 18 atom stereocenters. The van der Waals surface area contributed by atoms with Crippen LogP contribution in [0.15, 0.2) is 71.9 Å². The highest BCUT2D eigenvalue weighted by Crippen LogP contribution is 2.19. The topological polar surface area (TPSA) is 553 Å². The number of H-pyrrole nitrogens is 1. The van der Waals surface area contributed by atoms with Crippen LogP contribution in [0, 0.1) is 58.5 Å². The summed E-state index contributed by atoms with van der Waals surface area (Å²) in [5.41, 5.74) is 0.288. The Hall–Kier alpha value is -11.2. The van der Waals surface area contributed by atoms with E-state index >= 15 is 0 Å². The molecule has 0 aliphatic carbocycles. The van der Waals surface area contributed by atoms with Crippen LogP contribution in [0.5, 0.6) is 5.75 Å². The van der Waals surface area contributed by atoms with Gasteiger partial charge in [-0.15, -0.1) is 0 Å². The number of carbonyl (C=O) groups is 15. The van der Waals surface area contributed by atoms with Crippen LogP contribution >= 0.6 is 0 Å². The van der Waals surface area contributed by atoms with Crippen molar-refractivity contribution in [1.82, 2.24) is 101 Å². The van der Waals surface area contributed by atoms with Crippen molar-refractivity contribution in [2.24, 2.45) is 53.3 Å². The van der Waals surface area contributed by atoms with Gasteiger partial charge in [-0.25, -0.2) is 0 Å². The van der Waals surface area contributed by atoms with Crippen LogP contribution in [0.25, 0.3) is 0 Å². The molecule has 780 valence electrons. The molecule has 0 aliphatic rings. The zero-order valence-electron chi connectivity index (χ0n) is 87.3. The summed E-state index contributed by atoms with van der Waals surface area (Å²) in [6.45, 7) is 53.2. The monoisotopic (exact) mass is 1940 g/mol. The third kappa shape index (κ3) is 47.0. The van der Waals surface area contributed by atoms with Crippen LogP contribution in [0.3, 0.4) is 0 Å². The first-order chi connectivity index (χ1) is 64.9. The molecule has 38 nitrogen and oxygen atoms in total. The van der Waals surface area contributed by atoms with Crippen molar-refractivity contribution in [1.29, 1.82) is 0 Å². The summed E-state index contributed by atoms with van der Waals surface area (Å²) in [5.74, 6) is -5.93. The molecule has 15 amide bonds. The number of hydrogen-bond acceptors (Lipinski definition) is 21. The lowest BCUT2D eigenvalue weighted by Gasteiger charge is -2.29. The summed E-state index contributed by atoms with van der Waals surface area (Å²) in [6.07, 6.45) is 10.4. The molecule has 38 heteroatoms. The van der Waals surface area contributed by atoms with E-state index in [1.165, 1.54) is 60.9 Å². The van der Waals surface area contributed by atoms with Crippen LogP contribution in [-0.2, 0) is 57.5 Å². The van der Waals surface area contributed by atoms with Gasteiger partial charge in [0.25, 0.3) is 17.7 Å². The SMILES string of the molecule is CCC[C@H](NC(=O)[C@@H](NC(=O)c1ccc(=O)[nH]c1)[C@@H](C)CC)C(=O)N[C@H](CN[C@@H](C)C(=O)N[C@H](C(=O)NCC)C(C)C)CC(C)C.CCC[C@H](NC(=O)[C@@H](NC(=O)c1ccc(O)cc1)[C@@H](C)CC)C(=O)N[C@H](CN[C@@H](C)C(=O)N[C@H](C(=O)NCC)C(C)C)CC(C)C.CCC[C@H](NC(=O)[C@@H](NC(=O)c1ccc[n+]([O-])c1)[C@@H](C)CC)C(=O)N[C@H](CN[C@@H](C)C(=O)N[C@H](C(=O)NCC)C(C)C)CC(C)C. The molecule has 3 rings (SSSR count). The molecular formula is C100H172N20O18. The maximum Gasteiger partial charge on any atom is 0.258 e. The minimum absolute atomic E-state index is 0.0288. The van der Waals surface area contributed by atoms with E-state index in [0.29, 0.717) is 127 Å². The standard InChI is InChI=1S/C34H58N6O6.2C33H57N7O6/c1-10-13-27(38-34(46)29(22(8)11-2)40-31(43)24-14-16-26(41)17-15-24)32(44)37-25(18-20(4)5)19-36-23(9)30(42)39-28(21(6)7)33(45)35-12-3;1-10-14-26(37-33(45)28(22(8)11-2)39-30(42)24-15-13-16-40(46)19-24)31(43)36-25(17-20(4)5)18-35-23(9)29(41)38-27(21(6)7)32(44)34-12-3;1-10-13-25(38-33(46)28(21(8)11-2)40-30(43)23-14-15-26(41)36-17-23)31(44)37-24(16-19(4)5)18-35-22(9)29(42)39-27(20(6)7)32(45)34-12-3/h14-17,20-23,25,27-29,36,41H,10-13,18-19H2,1-9H3,(H,35,45)(H,37,44)(H,38,46)(H,39,42)(H,40,43);13,15-16,19-23,25-28,35H,10-12,14,17-18H2,1-9H3,(H,34,44)(H,36,43)(H,37,45)(H,38,41)(H,39,42);14-15,17,19-22,24-25,27-28,35H,10-13,16,18H2,1-9H3,(H,34,45)(H,36,41)(H,37,44)(H,38,46)(H,39,42)(H,40,43)/t22-,23-,25-,27-,28-,29-;22-,23-,25-,26-,27-,28-;21-,22-,24-,25-,27-,28-/m000/s1. The highest BCUT2D eigenvalue weighted by Gasteiger charge is 2.38. The third-order valence-electron chi connectivity index (χ3n) is 23.5. The van der Waals surface area contributed by atoms with E-state index in [9.17, 15) is 87.0 Å². The van der Waals surface area contributed by atoms with Gasteiger partial charge in [0.15, 0.2) is 12.4 Å². The van der Waals surface area contributed by atoms with Gasteiger partial charge in [-0.3, -0.25) is 76.7 Å². The number of likely N-dealkylation sites (N-methyl/N-ethyl adjacent to an activating group) is 3. The Morgan fingerprint density at radius 1 is 0.333 bits per heavy atom. The zero-order chi connectivity index (χ0) is 105. The fraction of sp³-hybridized carbons (Fsp3) is 0.690. The van der Waals surface area contributed by atoms with Crippen LogP contribution in [0.2, 0.25) is 0 Å². The Morgan fingerprint density at radius 3 is 0.877 bits per heavy atom. The number of benzene rings is 1. The zero-order valence-corrected chi connectivity index (χ0v) is 87.3. The van der Waals surface area contributed by atoms with E-state index in [-0.39, 0.29) is 147 Å². The molecule has 2 aromatic heterocycles. The quantitative estimate of drug-likeness (QED) is 0.0237. The Morgan fingerprint density at radius 2 is 0.623 bits per heavy atom. The molecule has 0 unspecified atom stereocenters. The smallest absolute Gasteiger partial charge is 0.258 e. The number of carbonyl (C=O) groups excluding carboxylic acids is 15. The number of pyridine rings is 2. The van der Waals surface area contributed by atoms with E-state index in [0.717, 1.165) is 6.20 Å². The van der Waals surface area contributed by atoms with Crippen molar-refractivity contribution >= 4 is 88.6 Å². The van der Waals surface area contributed by atoms with Crippen molar-refractivity contribution < 1.29 is 81.8 Å². The summed E-state index contributed by atoms with van der Waals surface area (Å²) >= 11 is 0. The van der Waals surface area contributed by atoms with Crippen LogP contribution in [0.4, 0.5) is 0 Å². The number of aromatic nitrogens is 2. The van der Waals surface area contributed by atoms with E-state index in [2.05, 4.69) is 101 Å². The van der Waals surface area contributed by atoms with Gasteiger partial charge in [0, 0.05) is 81.3 Å². The van der Waals surface area contributed by atoms with Crippen molar-refractivity contribution in [2.75, 3.05) is 39.3 Å². The molecule has 1 aromatic carbocycles. The summed E-state index contributed by atoms with van der Waals surface area (Å²) in [4.78, 5) is 210. The normalized spacial score (nSPS) is 15.2. The van der Waals surface area contributed by atoms with Crippen LogP contribution in [-0.4, -0.2) is 229 Å². The summed E-state index contributed by atoms with van der Waals surface area (Å²) in [6, 6.07) is 1.21. The van der Waals surface area contributed by atoms with Gasteiger partial charge in [0.1, 0.15) is 65.7 Å². The molecule has 0 saturated carbocycles. The summed E-state index contributed by atoms with van der Waals surface area (Å²) < 4.78 is 0.513. The Kier molecular flexibility index (Phi) is 60.1. The molecule has 138 heavy (non-hydrogen) atoms. The molecule has 0 saturated heterocycles. The molecule has 3 aromatic rings. The number of aromatic amines is 1. The second-order valence-electron chi connectivity index (χ2n) is 38.3. The fourth-order valence-corrected chi connectivity index (χ4v) is 14.7. The maximum atomic E-state index is 13.5. The number of hydrogen-bond donors (Lipinski definition) is 20. The number of nitrogens with one attached hydrogen (secondary N) is 19. The van der Waals surface area contributed by atoms with Gasteiger partial charge in [-0.1, -0.05) is 184 Å². The molecule has 0 fully saturated rings. The first-order valence-electron chi connectivity index (χ1n) is 49.8. The molecule has 20 N–H and O–H groups in total. The molecular weight excluding hydrogens is 1770 g/mol. The van der Waals surface area contributed by atoms with E-state index in [1.807, 2.05) is 166 Å². The van der Waals surface area contributed by atoms with Crippen LogP contribution < -0.4 is 106 Å². The van der Waals surface area contributed by atoms with Gasteiger partial charge in [-0.2, -0.15) is 4.73 Å². The van der Waals surface area contributed by atoms with Gasteiger partial charge in [0.05, 0.1) is 23.7 Å². The van der Waals surface area contributed by atoms with Gasteiger partial charge in [0.2, 0.25) is 76.4 Å². The predicted molar refractivity (Wildman–Crippen MR) is 536 cm³/mol. The highest BCUT2D eigenvalue weighted by atomic mass is 16.5. The lowest BCUT2D eigenvalue weighted by Crippen LogP contribution is -2.58. The second kappa shape index (κ2) is 66.4. The fourth-order valence-electron chi connectivity index (χ4n) is 14.7. The number of rotatable bonds is 60. The molecule has 0 aliphatic heterocycles. The van der Waals surface area contributed by atoms with Crippen molar-refractivity contribution in [3.63, 3.8) is 0 Å². The Labute approximate surface area is 819 Å². The largest absolute Gasteiger partial charge is 0.619 e. The molecule has 0 spiro atoms. The molecule has 2 heterocycles. The first kappa shape index (κ1) is 125. The van der Waals surface area contributed by atoms with Crippen molar-refractivity contribution in [2.45, 2.75) is 355 Å². The lowest BCUT2D eigenvalue weighted by atomic mass is 9.97. The maximum absolute atomic E-state index is 13.5. The number of phenols is 1. The lowest BCUT2D eigenvalue weighted by molar-refractivity contribution is -0.605. The molecule has 0 radical (unpaired) electrons. The van der Waals surface area contributed by atoms with E-state index in [1.54, 1.807) is 20.8 Å². The first-order valence-corrected chi connectivity index (χ1v) is 49.8.